The Hall–Kier alpha value is -3.19. The van der Waals surface area contributed by atoms with E-state index >= 15 is 0 Å². The Morgan fingerprint density at radius 3 is 2.42 bits per heavy atom. The molecule has 1 atom stereocenters. The van der Waals surface area contributed by atoms with Crippen molar-refractivity contribution >= 4 is 27.7 Å². The minimum absolute atomic E-state index is 0.153. The van der Waals surface area contributed by atoms with Crippen LogP contribution in [0.15, 0.2) is 77.3 Å². The smallest absolute Gasteiger partial charge is 0.261 e. The van der Waals surface area contributed by atoms with Crippen LogP contribution in [0.4, 0.5) is 4.39 Å². The molecule has 0 fully saturated rings. The third-order valence-electron chi connectivity index (χ3n) is 5.86. The number of ether oxygens (including phenoxy) is 1. The molecule has 7 heteroatoms. The first-order chi connectivity index (χ1) is 17.4. The molecule has 0 bridgehead atoms. The summed E-state index contributed by atoms with van der Waals surface area (Å²) in [5.74, 6) is -0.338. The van der Waals surface area contributed by atoms with Crippen LogP contribution in [-0.4, -0.2) is 35.9 Å². The van der Waals surface area contributed by atoms with Crippen LogP contribution in [0.2, 0.25) is 0 Å². The lowest BCUT2D eigenvalue weighted by atomic mass is 10.0. The maximum absolute atomic E-state index is 13.5. The van der Waals surface area contributed by atoms with Gasteiger partial charge in [0.2, 0.25) is 5.91 Å². The number of unbranched alkanes of at least 4 members (excludes halogenated alkanes) is 1. The Labute approximate surface area is 220 Å². The number of nitrogens with zero attached hydrogens (tertiary/aromatic N) is 1. The van der Waals surface area contributed by atoms with Gasteiger partial charge < -0.3 is 15.0 Å². The number of aryl methyl sites for hydroxylation is 1. The average Bonchev–Trinajstić information content (AvgIpc) is 2.88. The van der Waals surface area contributed by atoms with E-state index in [-0.39, 0.29) is 30.8 Å². The van der Waals surface area contributed by atoms with E-state index in [9.17, 15) is 14.0 Å². The number of rotatable bonds is 12. The highest BCUT2D eigenvalue weighted by Crippen LogP contribution is 2.22. The number of hydrogen-bond donors (Lipinski definition) is 1. The molecular formula is C29H32BrFN2O3. The first-order valence-electron chi connectivity index (χ1n) is 12.1. The number of hydrogen-bond acceptors (Lipinski definition) is 3. The van der Waals surface area contributed by atoms with Crippen LogP contribution in [0.25, 0.3) is 0 Å². The molecule has 3 aromatic carbocycles. The predicted molar refractivity (Wildman–Crippen MR) is 143 cm³/mol. The quantitative estimate of drug-likeness (QED) is 0.286. The van der Waals surface area contributed by atoms with Gasteiger partial charge >= 0.3 is 0 Å². The lowest BCUT2D eigenvalue weighted by Crippen LogP contribution is -2.51. The second kappa shape index (κ2) is 13.8. The summed E-state index contributed by atoms with van der Waals surface area (Å²) in [5.41, 5.74) is 2.65. The van der Waals surface area contributed by atoms with Crippen LogP contribution in [0, 0.1) is 12.7 Å². The van der Waals surface area contributed by atoms with Crippen LogP contribution >= 0.6 is 15.9 Å². The standard InChI is InChI=1S/C29H32BrFN2O3/c1-3-4-16-32-29(35)27(18-22-8-6-5-7-9-22)33(19-23-10-12-24(31)13-11-23)28(34)20-36-25-14-15-26(30)21(2)17-25/h5-15,17,27H,3-4,16,18-20H2,1-2H3,(H,32,35). The van der Waals surface area contributed by atoms with E-state index in [1.165, 1.54) is 17.0 Å². The van der Waals surface area contributed by atoms with Crippen molar-refractivity contribution in [3.63, 3.8) is 0 Å². The van der Waals surface area contributed by atoms with E-state index in [4.69, 9.17) is 4.74 Å². The third kappa shape index (κ3) is 8.19. The fourth-order valence-electron chi connectivity index (χ4n) is 3.78. The van der Waals surface area contributed by atoms with Gasteiger partial charge in [0.15, 0.2) is 6.61 Å². The fourth-order valence-corrected chi connectivity index (χ4v) is 4.03. The first-order valence-corrected chi connectivity index (χ1v) is 12.9. The minimum atomic E-state index is -0.753. The molecule has 5 nitrogen and oxygen atoms in total. The summed E-state index contributed by atoms with van der Waals surface area (Å²) in [7, 11) is 0. The zero-order valence-corrected chi connectivity index (χ0v) is 22.3. The van der Waals surface area contributed by atoms with Gasteiger partial charge in [-0.3, -0.25) is 9.59 Å². The Morgan fingerprint density at radius 2 is 1.75 bits per heavy atom. The summed E-state index contributed by atoms with van der Waals surface area (Å²) in [4.78, 5) is 28.4. The summed E-state index contributed by atoms with van der Waals surface area (Å²) in [6.07, 6.45) is 2.15. The highest BCUT2D eigenvalue weighted by molar-refractivity contribution is 9.10. The van der Waals surface area contributed by atoms with Crippen molar-refractivity contribution in [2.75, 3.05) is 13.2 Å². The van der Waals surface area contributed by atoms with Gasteiger partial charge in [0.1, 0.15) is 17.6 Å². The van der Waals surface area contributed by atoms with E-state index in [2.05, 4.69) is 28.2 Å². The SMILES string of the molecule is CCCCNC(=O)C(Cc1ccccc1)N(Cc1ccc(F)cc1)C(=O)COc1ccc(Br)c(C)c1. The predicted octanol–water partition coefficient (Wildman–Crippen LogP) is 5.83. The van der Waals surface area contributed by atoms with E-state index in [1.807, 2.05) is 49.4 Å². The van der Waals surface area contributed by atoms with Gasteiger partial charge in [-0.25, -0.2) is 4.39 Å². The van der Waals surface area contributed by atoms with Crippen molar-refractivity contribution in [3.05, 3.63) is 99.8 Å². The summed E-state index contributed by atoms with van der Waals surface area (Å²) in [6.45, 7) is 4.46. The zero-order valence-electron chi connectivity index (χ0n) is 20.7. The molecule has 3 aromatic rings. The maximum atomic E-state index is 13.5. The van der Waals surface area contributed by atoms with Gasteiger partial charge in [0.05, 0.1) is 0 Å². The van der Waals surface area contributed by atoms with E-state index in [0.29, 0.717) is 18.7 Å². The number of nitrogens with one attached hydrogen (secondary N) is 1. The van der Waals surface area contributed by atoms with E-state index < -0.39 is 6.04 Å². The van der Waals surface area contributed by atoms with Crippen molar-refractivity contribution in [2.24, 2.45) is 0 Å². The van der Waals surface area contributed by atoms with Gasteiger partial charge in [0, 0.05) is 24.0 Å². The molecule has 0 aliphatic heterocycles. The molecule has 190 valence electrons. The molecule has 1 unspecified atom stereocenters. The number of carbonyl (C=O) groups is 2. The average molecular weight is 555 g/mol. The molecule has 0 saturated carbocycles. The second-order valence-electron chi connectivity index (χ2n) is 8.70. The molecule has 3 rings (SSSR count). The third-order valence-corrected chi connectivity index (χ3v) is 6.75. The van der Waals surface area contributed by atoms with Crippen LogP contribution in [0.3, 0.4) is 0 Å². The molecule has 0 saturated heterocycles. The molecule has 0 heterocycles. The van der Waals surface area contributed by atoms with Crippen LogP contribution < -0.4 is 10.1 Å². The van der Waals surface area contributed by atoms with Gasteiger partial charge in [-0.2, -0.15) is 0 Å². The van der Waals surface area contributed by atoms with E-state index in [1.54, 1.807) is 18.2 Å². The Balaban J connectivity index is 1.88. The summed E-state index contributed by atoms with van der Waals surface area (Å²) in [5, 5.41) is 2.98. The van der Waals surface area contributed by atoms with Crippen molar-refractivity contribution in [1.82, 2.24) is 10.2 Å². The monoisotopic (exact) mass is 554 g/mol. The normalized spacial score (nSPS) is 11.6. The Bertz CT molecular complexity index is 1140. The number of halogens is 2. The number of amides is 2. The van der Waals surface area contributed by atoms with Crippen molar-refractivity contribution < 1.29 is 18.7 Å². The number of benzene rings is 3. The highest BCUT2D eigenvalue weighted by Gasteiger charge is 2.30. The molecule has 0 aliphatic carbocycles. The number of carbonyl (C=O) groups excluding carboxylic acids is 2. The van der Waals surface area contributed by atoms with Crippen molar-refractivity contribution in [3.8, 4) is 5.75 Å². The van der Waals surface area contributed by atoms with Gasteiger partial charge in [-0.15, -0.1) is 0 Å². The van der Waals surface area contributed by atoms with Crippen LogP contribution in [-0.2, 0) is 22.6 Å². The Morgan fingerprint density at radius 1 is 1.03 bits per heavy atom. The summed E-state index contributed by atoms with van der Waals surface area (Å²) < 4.78 is 20.3. The topological polar surface area (TPSA) is 58.6 Å². The summed E-state index contributed by atoms with van der Waals surface area (Å²) >= 11 is 3.47. The van der Waals surface area contributed by atoms with Crippen molar-refractivity contribution in [2.45, 2.75) is 45.7 Å². The molecular weight excluding hydrogens is 523 g/mol. The first kappa shape index (κ1) is 27.4. The fraction of sp³-hybridized carbons (Fsp3) is 0.310. The molecule has 0 spiro atoms. The van der Waals surface area contributed by atoms with Gasteiger partial charge in [-0.1, -0.05) is 71.7 Å². The second-order valence-corrected chi connectivity index (χ2v) is 9.55. The van der Waals surface area contributed by atoms with Gasteiger partial charge in [-0.05, 0) is 60.4 Å². The summed E-state index contributed by atoms with van der Waals surface area (Å²) in [6, 6.07) is 20.3. The Kier molecular flexibility index (Phi) is 10.5. The van der Waals surface area contributed by atoms with E-state index in [0.717, 1.165) is 34.0 Å². The lowest BCUT2D eigenvalue weighted by molar-refractivity contribution is -0.142. The molecule has 36 heavy (non-hydrogen) atoms. The maximum Gasteiger partial charge on any atom is 0.261 e. The van der Waals surface area contributed by atoms with Gasteiger partial charge in [0.25, 0.3) is 5.91 Å². The van der Waals surface area contributed by atoms with Crippen LogP contribution in [0.5, 0.6) is 5.75 Å². The molecule has 2 amide bonds. The van der Waals surface area contributed by atoms with Crippen LogP contribution in [0.1, 0.15) is 36.5 Å². The lowest BCUT2D eigenvalue weighted by Gasteiger charge is -2.31. The molecule has 0 radical (unpaired) electrons. The zero-order chi connectivity index (χ0) is 25.9. The molecule has 1 N–H and O–H groups in total. The minimum Gasteiger partial charge on any atom is -0.484 e. The molecule has 0 aliphatic rings. The largest absolute Gasteiger partial charge is 0.484 e. The van der Waals surface area contributed by atoms with Crippen molar-refractivity contribution in [1.29, 1.82) is 0 Å². The molecule has 0 aromatic heterocycles. The highest BCUT2D eigenvalue weighted by atomic mass is 79.9.